The summed E-state index contributed by atoms with van der Waals surface area (Å²) in [6.07, 6.45) is 0. The third kappa shape index (κ3) is 3.01. The van der Waals surface area contributed by atoms with E-state index in [1.54, 1.807) is 13.8 Å². The highest BCUT2D eigenvalue weighted by Crippen LogP contribution is 2.16. The SMILES string of the molecule is CC(C)N(CCN)C(=O)c1cc(F)c(F)c(F)c1. The average Bonchev–Trinajstić information content (AvgIpc) is 2.31. The van der Waals surface area contributed by atoms with Crippen LogP contribution in [0.2, 0.25) is 0 Å². The van der Waals surface area contributed by atoms with Crippen molar-refractivity contribution in [3.8, 4) is 0 Å². The van der Waals surface area contributed by atoms with Crippen molar-refractivity contribution in [1.29, 1.82) is 0 Å². The molecule has 0 aliphatic carbocycles. The summed E-state index contributed by atoms with van der Waals surface area (Å²) in [5, 5.41) is 0. The Morgan fingerprint density at radius 1 is 1.28 bits per heavy atom. The van der Waals surface area contributed by atoms with Gasteiger partial charge in [-0.05, 0) is 26.0 Å². The van der Waals surface area contributed by atoms with Gasteiger partial charge in [-0.15, -0.1) is 0 Å². The van der Waals surface area contributed by atoms with E-state index in [1.165, 1.54) is 4.90 Å². The average molecular weight is 260 g/mol. The highest BCUT2D eigenvalue weighted by Gasteiger charge is 2.21. The molecule has 0 fully saturated rings. The molecule has 0 aromatic heterocycles. The van der Waals surface area contributed by atoms with Crippen LogP contribution in [0.4, 0.5) is 13.2 Å². The van der Waals surface area contributed by atoms with Crippen LogP contribution in [0.1, 0.15) is 24.2 Å². The van der Waals surface area contributed by atoms with E-state index in [0.717, 1.165) is 0 Å². The molecular weight excluding hydrogens is 245 g/mol. The Hall–Kier alpha value is -1.56. The summed E-state index contributed by atoms with van der Waals surface area (Å²) in [5.74, 6) is -4.92. The lowest BCUT2D eigenvalue weighted by Crippen LogP contribution is -2.40. The van der Waals surface area contributed by atoms with E-state index in [1.807, 2.05) is 0 Å². The molecule has 3 nitrogen and oxygen atoms in total. The van der Waals surface area contributed by atoms with E-state index in [4.69, 9.17) is 5.73 Å². The standard InChI is InChI=1S/C12H15F3N2O/c1-7(2)17(4-3-16)12(18)8-5-9(13)11(15)10(14)6-8/h5-7H,3-4,16H2,1-2H3. The minimum Gasteiger partial charge on any atom is -0.335 e. The zero-order valence-corrected chi connectivity index (χ0v) is 10.2. The lowest BCUT2D eigenvalue weighted by atomic mass is 10.1. The van der Waals surface area contributed by atoms with Gasteiger partial charge in [0.1, 0.15) is 0 Å². The molecule has 1 aromatic carbocycles. The minimum atomic E-state index is -1.58. The number of hydrogen-bond acceptors (Lipinski definition) is 2. The number of amides is 1. The van der Waals surface area contributed by atoms with E-state index >= 15 is 0 Å². The van der Waals surface area contributed by atoms with Crippen LogP contribution in [-0.2, 0) is 0 Å². The van der Waals surface area contributed by atoms with E-state index in [2.05, 4.69) is 0 Å². The fraction of sp³-hybridized carbons (Fsp3) is 0.417. The molecule has 0 aliphatic heterocycles. The lowest BCUT2D eigenvalue weighted by molar-refractivity contribution is 0.0710. The second-order valence-corrected chi connectivity index (χ2v) is 4.13. The van der Waals surface area contributed by atoms with Crippen molar-refractivity contribution in [2.45, 2.75) is 19.9 Å². The minimum absolute atomic E-state index is 0.169. The van der Waals surface area contributed by atoms with Crippen LogP contribution in [0, 0.1) is 17.5 Å². The first-order chi connectivity index (χ1) is 8.38. The molecule has 0 saturated carbocycles. The van der Waals surface area contributed by atoms with Gasteiger partial charge in [-0.1, -0.05) is 0 Å². The smallest absolute Gasteiger partial charge is 0.254 e. The third-order valence-electron chi connectivity index (χ3n) is 2.48. The first-order valence-electron chi connectivity index (χ1n) is 5.54. The van der Waals surface area contributed by atoms with Crippen LogP contribution in [0.5, 0.6) is 0 Å². The Bertz CT molecular complexity index is 426. The van der Waals surface area contributed by atoms with Gasteiger partial charge < -0.3 is 10.6 Å². The van der Waals surface area contributed by atoms with Crippen molar-refractivity contribution in [2.24, 2.45) is 5.73 Å². The highest BCUT2D eigenvalue weighted by molar-refractivity contribution is 5.94. The number of hydrogen-bond donors (Lipinski definition) is 1. The van der Waals surface area contributed by atoms with Gasteiger partial charge in [0.15, 0.2) is 17.5 Å². The third-order valence-corrected chi connectivity index (χ3v) is 2.48. The molecule has 2 N–H and O–H groups in total. The molecule has 0 atom stereocenters. The number of carbonyl (C=O) groups is 1. The van der Waals surface area contributed by atoms with Crippen molar-refractivity contribution in [2.75, 3.05) is 13.1 Å². The largest absolute Gasteiger partial charge is 0.335 e. The fourth-order valence-electron chi connectivity index (χ4n) is 1.58. The molecule has 6 heteroatoms. The molecule has 0 spiro atoms. The van der Waals surface area contributed by atoms with Gasteiger partial charge in [0.25, 0.3) is 5.91 Å². The van der Waals surface area contributed by atoms with Crippen molar-refractivity contribution in [3.63, 3.8) is 0 Å². The number of carbonyl (C=O) groups excluding carboxylic acids is 1. The maximum Gasteiger partial charge on any atom is 0.254 e. The second-order valence-electron chi connectivity index (χ2n) is 4.13. The van der Waals surface area contributed by atoms with Gasteiger partial charge in [0.2, 0.25) is 0 Å². The maximum absolute atomic E-state index is 13.0. The molecule has 0 aliphatic rings. The summed E-state index contributed by atoms with van der Waals surface area (Å²) in [7, 11) is 0. The van der Waals surface area contributed by atoms with Crippen molar-refractivity contribution in [1.82, 2.24) is 4.90 Å². The molecule has 18 heavy (non-hydrogen) atoms. The van der Waals surface area contributed by atoms with Gasteiger partial charge in [0, 0.05) is 24.7 Å². The summed E-state index contributed by atoms with van der Waals surface area (Å²) in [6, 6.07) is 1.21. The monoisotopic (exact) mass is 260 g/mol. The predicted molar refractivity (Wildman–Crippen MR) is 61.5 cm³/mol. The molecule has 0 unspecified atom stereocenters. The fourth-order valence-corrected chi connectivity index (χ4v) is 1.58. The summed E-state index contributed by atoms with van der Waals surface area (Å²) in [5.41, 5.74) is 5.14. The van der Waals surface area contributed by atoms with Crippen LogP contribution < -0.4 is 5.73 Å². The Morgan fingerprint density at radius 3 is 2.17 bits per heavy atom. The first-order valence-corrected chi connectivity index (χ1v) is 5.54. The molecule has 1 aromatic rings. The number of nitrogens with zero attached hydrogens (tertiary/aromatic N) is 1. The first kappa shape index (κ1) is 14.5. The molecule has 1 amide bonds. The zero-order valence-electron chi connectivity index (χ0n) is 10.2. The summed E-state index contributed by atoms with van der Waals surface area (Å²) >= 11 is 0. The van der Waals surface area contributed by atoms with Crippen molar-refractivity contribution in [3.05, 3.63) is 35.1 Å². The Kier molecular flexibility index (Phi) is 4.72. The topological polar surface area (TPSA) is 46.3 Å². The molecule has 0 radical (unpaired) electrons. The summed E-state index contributed by atoms with van der Waals surface area (Å²) in [6.45, 7) is 4.00. The Balaban J connectivity index is 3.09. The van der Waals surface area contributed by atoms with Gasteiger partial charge in [-0.25, -0.2) is 13.2 Å². The molecule has 0 heterocycles. The molecule has 1 rings (SSSR count). The number of rotatable bonds is 4. The summed E-state index contributed by atoms with van der Waals surface area (Å²) < 4.78 is 38.9. The Morgan fingerprint density at radius 2 is 1.78 bits per heavy atom. The van der Waals surface area contributed by atoms with E-state index < -0.39 is 23.4 Å². The van der Waals surface area contributed by atoms with Gasteiger partial charge in [-0.3, -0.25) is 4.79 Å². The molecule has 0 bridgehead atoms. The molecule has 100 valence electrons. The number of halogens is 3. The Labute approximate surface area is 103 Å². The predicted octanol–water partition coefficient (Wildman–Crippen LogP) is 1.91. The van der Waals surface area contributed by atoms with E-state index in [9.17, 15) is 18.0 Å². The van der Waals surface area contributed by atoms with E-state index in [-0.39, 0.29) is 24.7 Å². The summed E-state index contributed by atoms with van der Waals surface area (Å²) in [4.78, 5) is 13.4. The second kappa shape index (κ2) is 5.86. The lowest BCUT2D eigenvalue weighted by Gasteiger charge is -2.26. The van der Waals surface area contributed by atoms with E-state index in [0.29, 0.717) is 12.1 Å². The quantitative estimate of drug-likeness (QED) is 0.841. The molecular formula is C12H15F3N2O. The number of nitrogens with two attached hydrogens (primary N) is 1. The van der Waals surface area contributed by atoms with Crippen LogP contribution in [0.3, 0.4) is 0 Å². The van der Waals surface area contributed by atoms with Gasteiger partial charge in [-0.2, -0.15) is 0 Å². The highest BCUT2D eigenvalue weighted by atomic mass is 19.2. The van der Waals surface area contributed by atoms with Gasteiger partial charge in [0.05, 0.1) is 0 Å². The van der Waals surface area contributed by atoms with Crippen molar-refractivity contribution < 1.29 is 18.0 Å². The van der Waals surface area contributed by atoms with Crippen LogP contribution in [0.15, 0.2) is 12.1 Å². The maximum atomic E-state index is 13.0. The zero-order chi connectivity index (χ0) is 13.9. The van der Waals surface area contributed by atoms with Crippen LogP contribution in [0.25, 0.3) is 0 Å². The number of benzene rings is 1. The van der Waals surface area contributed by atoms with Crippen LogP contribution in [-0.4, -0.2) is 29.9 Å². The van der Waals surface area contributed by atoms with Crippen LogP contribution >= 0.6 is 0 Å². The normalized spacial score (nSPS) is 10.8. The van der Waals surface area contributed by atoms with Gasteiger partial charge >= 0.3 is 0 Å². The molecule has 0 saturated heterocycles. The van der Waals surface area contributed by atoms with Crippen molar-refractivity contribution >= 4 is 5.91 Å².